The van der Waals surface area contributed by atoms with Crippen LogP contribution in [0.25, 0.3) is 0 Å². The van der Waals surface area contributed by atoms with Crippen LogP contribution in [0.4, 0.5) is 0 Å². The molecular formula is C14H24ClN3O. The zero-order valence-corrected chi connectivity index (χ0v) is 12.8. The van der Waals surface area contributed by atoms with Gasteiger partial charge in [0.2, 0.25) is 0 Å². The summed E-state index contributed by atoms with van der Waals surface area (Å²) in [7, 11) is 0. The van der Waals surface area contributed by atoms with E-state index in [0.717, 1.165) is 43.3 Å². The fourth-order valence-corrected chi connectivity index (χ4v) is 3.19. The van der Waals surface area contributed by atoms with Crippen molar-refractivity contribution in [2.75, 3.05) is 13.2 Å². The third kappa shape index (κ3) is 3.12. The second-order valence-electron chi connectivity index (χ2n) is 5.16. The smallest absolute Gasteiger partial charge is 0.0834 e. The number of ether oxygens (including phenoxy) is 1. The van der Waals surface area contributed by atoms with Crippen LogP contribution >= 0.6 is 11.6 Å². The molecule has 108 valence electrons. The minimum Gasteiger partial charge on any atom is -0.378 e. The van der Waals surface area contributed by atoms with Gasteiger partial charge in [0.05, 0.1) is 29.1 Å². The molecule has 0 radical (unpaired) electrons. The van der Waals surface area contributed by atoms with Gasteiger partial charge in [-0.3, -0.25) is 4.68 Å². The first-order chi connectivity index (χ1) is 9.19. The highest BCUT2D eigenvalue weighted by Crippen LogP contribution is 2.36. The minimum absolute atomic E-state index is 0.226. The van der Waals surface area contributed by atoms with Gasteiger partial charge in [-0.25, -0.2) is 0 Å². The van der Waals surface area contributed by atoms with Crippen LogP contribution in [0, 0.1) is 5.92 Å². The normalized spacial score (nSPS) is 24.8. The molecule has 19 heavy (non-hydrogen) atoms. The van der Waals surface area contributed by atoms with Gasteiger partial charge in [-0.1, -0.05) is 25.4 Å². The van der Waals surface area contributed by atoms with Crippen molar-refractivity contribution >= 4 is 11.6 Å². The first kappa shape index (κ1) is 14.8. The van der Waals surface area contributed by atoms with Crippen LogP contribution in [0.5, 0.6) is 0 Å². The van der Waals surface area contributed by atoms with E-state index < -0.39 is 0 Å². The van der Waals surface area contributed by atoms with Gasteiger partial charge in [-0.05, 0) is 26.3 Å². The van der Waals surface area contributed by atoms with Crippen molar-refractivity contribution in [3.05, 3.63) is 16.9 Å². The highest BCUT2D eigenvalue weighted by Gasteiger charge is 2.35. The molecule has 3 atom stereocenters. The summed E-state index contributed by atoms with van der Waals surface area (Å²) in [5.41, 5.74) is 1.12. The van der Waals surface area contributed by atoms with E-state index in [2.05, 4.69) is 31.2 Å². The highest BCUT2D eigenvalue weighted by atomic mass is 35.5. The molecule has 0 amide bonds. The van der Waals surface area contributed by atoms with Gasteiger partial charge < -0.3 is 10.1 Å². The summed E-state index contributed by atoms with van der Waals surface area (Å²) in [4.78, 5) is 0. The lowest BCUT2D eigenvalue weighted by Crippen LogP contribution is -2.33. The maximum Gasteiger partial charge on any atom is 0.0834 e. The zero-order chi connectivity index (χ0) is 13.8. The molecule has 5 heteroatoms. The van der Waals surface area contributed by atoms with Crippen LogP contribution in [-0.2, 0) is 11.3 Å². The Morgan fingerprint density at radius 3 is 2.95 bits per heavy atom. The van der Waals surface area contributed by atoms with Gasteiger partial charge in [-0.2, -0.15) is 5.10 Å². The average Bonchev–Trinajstić information content (AvgIpc) is 2.95. The van der Waals surface area contributed by atoms with Crippen LogP contribution in [0.2, 0.25) is 5.02 Å². The predicted octanol–water partition coefficient (Wildman–Crippen LogP) is 3.02. The lowest BCUT2D eigenvalue weighted by atomic mass is 9.91. The number of halogens is 1. The lowest BCUT2D eigenvalue weighted by Gasteiger charge is -2.27. The summed E-state index contributed by atoms with van der Waals surface area (Å²) >= 11 is 6.37. The summed E-state index contributed by atoms with van der Waals surface area (Å²) in [6, 6.07) is 0.226. The molecule has 1 aromatic rings. The fraction of sp³-hybridized carbons (Fsp3) is 0.786. The van der Waals surface area contributed by atoms with Crippen molar-refractivity contribution in [1.82, 2.24) is 15.1 Å². The van der Waals surface area contributed by atoms with E-state index in [4.69, 9.17) is 16.3 Å². The van der Waals surface area contributed by atoms with Crippen LogP contribution in [0.15, 0.2) is 6.20 Å². The highest BCUT2D eigenvalue weighted by molar-refractivity contribution is 6.31. The molecule has 0 aromatic carbocycles. The number of aromatic nitrogens is 2. The van der Waals surface area contributed by atoms with Gasteiger partial charge in [0.15, 0.2) is 0 Å². The van der Waals surface area contributed by atoms with Crippen LogP contribution in [0.3, 0.4) is 0 Å². The molecule has 0 saturated carbocycles. The Balaban J connectivity index is 2.30. The summed E-state index contributed by atoms with van der Waals surface area (Å²) < 4.78 is 7.76. The Bertz CT molecular complexity index is 407. The molecule has 2 heterocycles. The molecule has 2 rings (SSSR count). The Morgan fingerprint density at radius 2 is 2.37 bits per heavy atom. The summed E-state index contributed by atoms with van der Waals surface area (Å²) in [5, 5.41) is 8.74. The summed E-state index contributed by atoms with van der Waals surface area (Å²) in [5.74, 6) is 0.463. The third-order valence-electron chi connectivity index (χ3n) is 3.85. The zero-order valence-electron chi connectivity index (χ0n) is 12.0. The maximum absolute atomic E-state index is 6.37. The number of nitrogens with one attached hydrogen (secondary N) is 1. The molecule has 1 aliphatic heterocycles. The molecular weight excluding hydrogens is 262 g/mol. The molecule has 1 saturated heterocycles. The van der Waals surface area contributed by atoms with Crippen molar-refractivity contribution in [2.24, 2.45) is 5.92 Å². The largest absolute Gasteiger partial charge is 0.378 e. The van der Waals surface area contributed by atoms with Gasteiger partial charge in [0.1, 0.15) is 0 Å². The minimum atomic E-state index is 0.226. The molecule has 1 aromatic heterocycles. The van der Waals surface area contributed by atoms with Crippen molar-refractivity contribution < 1.29 is 4.74 Å². The van der Waals surface area contributed by atoms with E-state index in [1.165, 1.54) is 0 Å². The number of hydrogen-bond acceptors (Lipinski definition) is 3. The molecule has 1 aliphatic rings. The molecule has 0 aliphatic carbocycles. The van der Waals surface area contributed by atoms with Crippen molar-refractivity contribution in [3.8, 4) is 0 Å². The van der Waals surface area contributed by atoms with Crippen molar-refractivity contribution in [2.45, 2.75) is 52.3 Å². The Morgan fingerprint density at radius 1 is 1.58 bits per heavy atom. The maximum atomic E-state index is 6.37. The number of hydrogen-bond donors (Lipinski definition) is 1. The second-order valence-corrected chi connectivity index (χ2v) is 5.57. The summed E-state index contributed by atoms with van der Waals surface area (Å²) in [6.45, 7) is 9.10. The second kappa shape index (κ2) is 6.73. The third-order valence-corrected chi connectivity index (χ3v) is 4.14. The van der Waals surface area contributed by atoms with Gasteiger partial charge >= 0.3 is 0 Å². The SMILES string of the molecule is CCCn1ncc(Cl)c1C(NCC)C1CCOC1C. The quantitative estimate of drug-likeness (QED) is 0.873. The predicted molar refractivity (Wildman–Crippen MR) is 77.5 cm³/mol. The van der Waals surface area contributed by atoms with E-state index >= 15 is 0 Å². The van der Waals surface area contributed by atoms with Crippen molar-refractivity contribution in [3.63, 3.8) is 0 Å². The first-order valence-electron chi connectivity index (χ1n) is 7.25. The fourth-order valence-electron chi connectivity index (χ4n) is 2.93. The average molecular weight is 286 g/mol. The van der Waals surface area contributed by atoms with Gasteiger partial charge in [0, 0.05) is 19.1 Å². The van der Waals surface area contributed by atoms with E-state index in [9.17, 15) is 0 Å². The number of nitrogens with zero attached hydrogens (tertiary/aromatic N) is 2. The summed E-state index contributed by atoms with van der Waals surface area (Å²) in [6.07, 6.45) is 4.16. The van der Waals surface area contributed by atoms with Crippen LogP contribution in [0.1, 0.15) is 45.3 Å². The van der Waals surface area contributed by atoms with E-state index in [1.807, 2.05) is 4.68 Å². The van der Waals surface area contributed by atoms with Crippen LogP contribution < -0.4 is 5.32 Å². The molecule has 0 bridgehead atoms. The van der Waals surface area contributed by atoms with E-state index in [-0.39, 0.29) is 12.1 Å². The molecule has 3 unspecified atom stereocenters. The molecule has 1 fully saturated rings. The molecule has 4 nitrogen and oxygen atoms in total. The topological polar surface area (TPSA) is 39.1 Å². The van der Waals surface area contributed by atoms with E-state index in [0.29, 0.717) is 5.92 Å². The Hall–Kier alpha value is -0.580. The molecule has 1 N–H and O–H groups in total. The Labute approximate surface area is 120 Å². The van der Waals surface area contributed by atoms with E-state index in [1.54, 1.807) is 6.20 Å². The van der Waals surface area contributed by atoms with Gasteiger partial charge in [0.25, 0.3) is 0 Å². The van der Waals surface area contributed by atoms with Crippen molar-refractivity contribution in [1.29, 1.82) is 0 Å². The number of rotatable bonds is 6. The lowest BCUT2D eigenvalue weighted by molar-refractivity contribution is 0.0945. The van der Waals surface area contributed by atoms with Gasteiger partial charge in [-0.15, -0.1) is 0 Å². The molecule has 0 spiro atoms. The standard InChI is InChI=1S/C14H24ClN3O/c1-4-7-18-14(12(15)9-17-18)13(16-5-2)11-6-8-19-10(11)3/h9-11,13,16H,4-8H2,1-3H3. The number of aryl methyl sites for hydroxylation is 1. The Kier molecular flexibility index (Phi) is 5.25. The monoisotopic (exact) mass is 285 g/mol. The van der Waals surface area contributed by atoms with Crippen LogP contribution in [-0.4, -0.2) is 29.0 Å². The first-order valence-corrected chi connectivity index (χ1v) is 7.63.